The maximum absolute atomic E-state index is 13.6. The number of halogens is 2. The summed E-state index contributed by atoms with van der Waals surface area (Å²) < 4.78 is 14.3. The van der Waals surface area contributed by atoms with E-state index in [4.69, 9.17) is 10.5 Å². The summed E-state index contributed by atoms with van der Waals surface area (Å²) in [6.07, 6.45) is 1.17. The summed E-state index contributed by atoms with van der Waals surface area (Å²) in [6.45, 7) is 1.63. The average Bonchev–Trinajstić information content (AvgIpc) is 2.26. The van der Waals surface area contributed by atoms with Crippen LogP contribution >= 0.6 is 15.9 Å². The van der Waals surface area contributed by atoms with Crippen molar-refractivity contribution in [2.24, 2.45) is 0 Å². The molecule has 0 aliphatic heterocycles. The molecular formula is C11H7BrFN3. The molecule has 0 saturated heterocycles. The van der Waals surface area contributed by atoms with Crippen LogP contribution in [-0.4, -0.2) is 0 Å². The van der Waals surface area contributed by atoms with E-state index in [-0.39, 0.29) is 11.3 Å². The molecular weight excluding hydrogens is 273 g/mol. The number of hydrogen-bond donors (Lipinski definition) is 1. The predicted molar refractivity (Wildman–Crippen MR) is 61.8 cm³/mol. The zero-order valence-electron chi connectivity index (χ0n) is 8.38. The summed E-state index contributed by atoms with van der Waals surface area (Å²) in [4.78, 5) is 0. The lowest BCUT2D eigenvalue weighted by atomic mass is 10.2. The van der Waals surface area contributed by atoms with Gasteiger partial charge in [-0.25, -0.2) is 4.39 Å². The van der Waals surface area contributed by atoms with Crippen LogP contribution in [0.25, 0.3) is 0 Å². The molecule has 1 aromatic carbocycles. The van der Waals surface area contributed by atoms with E-state index in [0.29, 0.717) is 5.56 Å². The van der Waals surface area contributed by atoms with E-state index in [1.165, 1.54) is 12.3 Å². The maximum atomic E-state index is 13.6. The van der Waals surface area contributed by atoms with Gasteiger partial charge in [-0.2, -0.15) is 10.5 Å². The third-order valence-corrected chi connectivity index (χ3v) is 2.29. The van der Waals surface area contributed by atoms with Crippen LogP contribution in [-0.2, 0) is 0 Å². The van der Waals surface area contributed by atoms with Gasteiger partial charge < -0.3 is 5.32 Å². The van der Waals surface area contributed by atoms with Gasteiger partial charge in [0.2, 0.25) is 0 Å². The van der Waals surface area contributed by atoms with E-state index in [1.807, 2.05) is 0 Å². The van der Waals surface area contributed by atoms with Gasteiger partial charge >= 0.3 is 0 Å². The van der Waals surface area contributed by atoms with Crippen molar-refractivity contribution in [3.05, 3.63) is 39.8 Å². The highest BCUT2D eigenvalue weighted by Gasteiger charge is 2.05. The van der Waals surface area contributed by atoms with Crippen molar-refractivity contribution in [3.8, 4) is 12.1 Å². The fourth-order valence-corrected chi connectivity index (χ4v) is 1.64. The number of hydrogen-bond acceptors (Lipinski definition) is 3. The lowest BCUT2D eigenvalue weighted by Crippen LogP contribution is -1.95. The number of nitriles is 2. The van der Waals surface area contributed by atoms with Crippen LogP contribution in [0.3, 0.4) is 0 Å². The van der Waals surface area contributed by atoms with Gasteiger partial charge in [0.1, 0.15) is 23.5 Å². The normalized spacial score (nSPS) is 8.81. The van der Waals surface area contributed by atoms with Gasteiger partial charge in [0.15, 0.2) is 0 Å². The molecule has 1 rings (SSSR count). The molecule has 0 aliphatic rings. The third kappa shape index (κ3) is 2.82. The SMILES string of the molecule is Cc1cc(Br)cc(NC=C(C#N)C#N)c1F. The number of nitrogens with zero attached hydrogens (tertiary/aromatic N) is 2. The summed E-state index contributed by atoms with van der Waals surface area (Å²) in [5.74, 6) is -0.408. The standard InChI is InChI=1S/C11H7BrFN3/c1-7-2-9(12)3-10(11(7)13)16-6-8(4-14)5-15/h2-3,6,16H,1H3. The van der Waals surface area contributed by atoms with Crippen LogP contribution in [0.5, 0.6) is 0 Å². The first-order valence-corrected chi connectivity index (χ1v) is 5.10. The van der Waals surface area contributed by atoms with E-state index in [2.05, 4.69) is 21.2 Å². The molecule has 1 aromatic rings. The molecule has 16 heavy (non-hydrogen) atoms. The lowest BCUT2D eigenvalue weighted by Gasteiger charge is -2.06. The van der Waals surface area contributed by atoms with Gasteiger partial charge in [-0.05, 0) is 24.6 Å². The minimum Gasteiger partial charge on any atom is -0.357 e. The molecule has 0 amide bonds. The molecule has 0 saturated carbocycles. The third-order valence-electron chi connectivity index (χ3n) is 1.83. The highest BCUT2D eigenvalue weighted by atomic mass is 79.9. The molecule has 0 heterocycles. The second-order valence-electron chi connectivity index (χ2n) is 3.01. The van der Waals surface area contributed by atoms with Crippen molar-refractivity contribution >= 4 is 21.6 Å². The summed E-state index contributed by atoms with van der Waals surface area (Å²) in [5, 5.41) is 19.6. The molecule has 0 bridgehead atoms. The zero-order chi connectivity index (χ0) is 12.1. The van der Waals surface area contributed by atoms with Gasteiger partial charge in [-0.1, -0.05) is 15.9 Å². The smallest absolute Gasteiger partial charge is 0.149 e. The Bertz CT molecular complexity index is 507. The Kier molecular flexibility index (Phi) is 4.04. The maximum Gasteiger partial charge on any atom is 0.149 e. The molecule has 0 unspecified atom stereocenters. The average molecular weight is 280 g/mol. The van der Waals surface area contributed by atoms with Crippen LogP contribution in [0.15, 0.2) is 28.4 Å². The van der Waals surface area contributed by atoms with Crippen molar-refractivity contribution in [2.75, 3.05) is 5.32 Å². The van der Waals surface area contributed by atoms with Crippen molar-refractivity contribution < 1.29 is 4.39 Å². The number of allylic oxidation sites excluding steroid dienone is 1. The fourth-order valence-electron chi connectivity index (χ4n) is 1.07. The van der Waals surface area contributed by atoms with E-state index in [1.54, 1.807) is 25.1 Å². The fraction of sp³-hybridized carbons (Fsp3) is 0.0909. The molecule has 1 N–H and O–H groups in total. The van der Waals surface area contributed by atoms with E-state index < -0.39 is 5.82 Å². The molecule has 80 valence electrons. The van der Waals surface area contributed by atoms with Crippen molar-refractivity contribution in [1.29, 1.82) is 10.5 Å². The highest BCUT2D eigenvalue weighted by molar-refractivity contribution is 9.10. The molecule has 0 spiro atoms. The van der Waals surface area contributed by atoms with E-state index in [0.717, 1.165) is 4.47 Å². The predicted octanol–water partition coefficient (Wildman–Crippen LogP) is 3.24. The first-order valence-electron chi connectivity index (χ1n) is 4.31. The molecule has 0 fully saturated rings. The minimum absolute atomic E-state index is 0.114. The second-order valence-corrected chi connectivity index (χ2v) is 3.93. The number of rotatable bonds is 2. The van der Waals surface area contributed by atoms with Gasteiger partial charge in [-0.15, -0.1) is 0 Å². The Labute approximate surface area is 101 Å². The molecule has 3 nitrogen and oxygen atoms in total. The Morgan fingerprint density at radius 2 is 2.06 bits per heavy atom. The van der Waals surface area contributed by atoms with Gasteiger partial charge in [0, 0.05) is 10.7 Å². The van der Waals surface area contributed by atoms with Crippen LogP contribution < -0.4 is 5.32 Å². The molecule has 0 radical (unpaired) electrons. The number of anilines is 1. The molecule has 0 aliphatic carbocycles. The summed E-state index contributed by atoms with van der Waals surface area (Å²) in [7, 11) is 0. The summed E-state index contributed by atoms with van der Waals surface area (Å²) in [6, 6.07) is 6.52. The van der Waals surface area contributed by atoms with Crippen molar-refractivity contribution in [1.82, 2.24) is 0 Å². The Morgan fingerprint density at radius 3 is 2.62 bits per heavy atom. The first-order chi connectivity index (χ1) is 7.58. The van der Waals surface area contributed by atoms with Crippen molar-refractivity contribution in [3.63, 3.8) is 0 Å². The number of aryl methyl sites for hydroxylation is 1. The van der Waals surface area contributed by atoms with Crippen LogP contribution in [0, 0.1) is 35.4 Å². The van der Waals surface area contributed by atoms with Gasteiger partial charge in [0.05, 0.1) is 5.69 Å². The van der Waals surface area contributed by atoms with Gasteiger partial charge in [-0.3, -0.25) is 0 Å². The quantitative estimate of drug-likeness (QED) is 0.846. The van der Waals surface area contributed by atoms with E-state index >= 15 is 0 Å². The summed E-state index contributed by atoms with van der Waals surface area (Å²) >= 11 is 3.23. The van der Waals surface area contributed by atoms with Crippen LogP contribution in [0.4, 0.5) is 10.1 Å². The van der Waals surface area contributed by atoms with Crippen molar-refractivity contribution in [2.45, 2.75) is 6.92 Å². The monoisotopic (exact) mass is 279 g/mol. The number of benzene rings is 1. The Balaban J connectivity index is 3.05. The molecule has 5 heteroatoms. The Hall–Kier alpha value is -1.85. The van der Waals surface area contributed by atoms with E-state index in [9.17, 15) is 4.39 Å². The van der Waals surface area contributed by atoms with Crippen LogP contribution in [0.1, 0.15) is 5.56 Å². The largest absolute Gasteiger partial charge is 0.357 e. The first kappa shape index (κ1) is 12.2. The minimum atomic E-state index is -0.408. The molecule has 0 aromatic heterocycles. The second kappa shape index (κ2) is 5.29. The Morgan fingerprint density at radius 1 is 1.44 bits per heavy atom. The summed E-state index contributed by atoms with van der Waals surface area (Å²) in [5.41, 5.74) is 0.577. The van der Waals surface area contributed by atoms with Crippen LogP contribution in [0.2, 0.25) is 0 Å². The topological polar surface area (TPSA) is 59.6 Å². The molecule has 0 atom stereocenters. The zero-order valence-corrected chi connectivity index (χ0v) is 9.97. The highest BCUT2D eigenvalue weighted by Crippen LogP contribution is 2.23. The van der Waals surface area contributed by atoms with Gasteiger partial charge in [0.25, 0.3) is 0 Å². The number of nitrogens with one attached hydrogen (secondary N) is 1. The lowest BCUT2D eigenvalue weighted by molar-refractivity contribution is 0.622.